The number of anilines is 1. The van der Waals surface area contributed by atoms with Crippen LogP contribution in [0.1, 0.15) is 23.2 Å². The number of nitrogens with two attached hydrogens (primary N) is 1. The smallest absolute Gasteiger partial charge is 0.268 e. The molecule has 0 saturated carbocycles. The van der Waals surface area contributed by atoms with E-state index in [9.17, 15) is 8.42 Å². The Labute approximate surface area is 154 Å². The van der Waals surface area contributed by atoms with Gasteiger partial charge in [-0.3, -0.25) is 0 Å². The Morgan fingerprint density at radius 2 is 1.81 bits per heavy atom. The Hall–Kier alpha value is -2.31. The first-order chi connectivity index (χ1) is 12.4. The Kier molecular flexibility index (Phi) is 4.04. The lowest BCUT2D eigenvalue weighted by Crippen LogP contribution is -2.17. The molecule has 136 valence electrons. The molecule has 2 aromatic carbocycles. The lowest BCUT2D eigenvalue weighted by atomic mass is 10.1. The fourth-order valence-corrected chi connectivity index (χ4v) is 5.41. The maximum atomic E-state index is 13.5. The molecular formula is C20H23N3O2S. The molecule has 4 rings (SSSR count). The zero-order valence-electron chi connectivity index (χ0n) is 15.1. The molecule has 0 unspecified atom stereocenters. The van der Waals surface area contributed by atoms with Crippen molar-refractivity contribution in [3.8, 4) is 0 Å². The van der Waals surface area contributed by atoms with E-state index in [4.69, 9.17) is 5.73 Å². The zero-order valence-corrected chi connectivity index (χ0v) is 15.9. The molecule has 0 bridgehead atoms. The van der Waals surface area contributed by atoms with E-state index in [-0.39, 0.29) is 4.90 Å². The van der Waals surface area contributed by atoms with Gasteiger partial charge >= 0.3 is 0 Å². The average molecular weight is 369 g/mol. The van der Waals surface area contributed by atoms with Crippen molar-refractivity contribution in [1.29, 1.82) is 0 Å². The van der Waals surface area contributed by atoms with E-state index >= 15 is 0 Å². The van der Waals surface area contributed by atoms with Gasteiger partial charge in [0.25, 0.3) is 10.0 Å². The quantitative estimate of drug-likeness (QED) is 0.705. The van der Waals surface area contributed by atoms with E-state index in [0.717, 1.165) is 53.7 Å². The second-order valence-electron chi connectivity index (χ2n) is 7.13. The van der Waals surface area contributed by atoms with Gasteiger partial charge in [0.1, 0.15) is 0 Å². The molecule has 0 radical (unpaired) electrons. The van der Waals surface area contributed by atoms with Gasteiger partial charge in [-0.25, -0.2) is 12.4 Å². The summed E-state index contributed by atoms with van der Waals surface area (Å²) >= 11 is 0. The summed E-state index contributed by atoms with van der Waals surface area (Å²) in [7, 11) is -1.60. The number of aromatic nitrogens is 1. The van der Waals surface area contributed by atoms with E-state index < -0.39 is 10.0 Å². The highest BCUT2D eigenvalue weighted by molar-refractivity contribution is 7.90. The first kappa shape index (κ1) is 17.1. The highest BCUT2D eigenvalue weighted by Crippen LogP contribution is 2.34. The van der Waals surface area contributed by atoms with Crippen LogP contribution >= 0.6 is 0 Å². The number of hydrogen-bond donors (Lipinski definition) is 1. The van der Waals surface area contributed by atoms with Crippen molar-refractivity contribution in [3.63, 3.8) is 0 Å². The van der Waals surface area contributed by atoms with E-state index in [1.54, 1.807) is 28.2 Å². The normalized spacial score (nSPS) is 15.8. The maximum Gasteiger partial charge on any atom is 0.268 e. The van der Waals surface area contributed by atoms with E-state index in [2.05, 4.69) is 18.0 Å². The Morgan fingerprint density at radius 1 is 1.08 bits per heavy atom. The van der Waals surface area contributed by atoms with Crippen molar-refractivity contribution in [3.05, 3.63) is 59.3 Å². The largest absolute Gasteiger partial charge is 0.399 e. The summed E-state index contributed by atoms with van der Waals surface area (Å²) in [6.07, 6.45) is 1.69. The van der Waals surface area contributed by atoms with Crippen LogP contribution in [-0.2, 0) is 23.0 Å². The van der Waals surface area contributed by atoms with Gasteiger partial charge in [0.15, 0.2) is 0 Å². The minimum Gasteiger partial charge on any atom is -0.399 e. The summed E-state index contributed by atoms with van der Waals surface area (Å²) in [4.78, 5) is 2.53. The topological polar surface area (TPSA) is 68.3 Å². The lowest BCUT2D eigenvalue weighted by molar-refractivity contribution is 0.333. The molecule has 26 heavy (non-hydrogen) atoms. The van der Waals surface area contributed by atoms with Crippen LogP contribution in [0.4, 0.5) is 5.69 Å². The number of fused-ring (bicyclic) bond motifs is 3. The van der Waals surface area contributed by atoms with Crippen LogP contribution in [0.3, 0.4) is 0 Å². The summed E-state index contributed by atoms with van der Waals surface area (Å²) < 4.78 is 28.5. The third kappa shape index (κ3) is 2.70. The van der Waals surface area contributed by atoms with Crippen LogP contribution in [0, 0.1) is 6.92 Å². The molecule has 6 heteroatoms. The first-order valence-electron chi connectivity index (χ1n) is 8.80. The average Bonchev–Trinajstić information content (AvgIpc) is 2.76. The van der Waals surface area contributed by atoms with E-state index in [0.29, 0.717) is 5.69 Å². The Balaban J connectivity index is 2.03. The van der Waals surface area contributed by atoms with Gasteiger partial charge in [-0.2, -0.15) is 0 Å². The van der Waals surface area contributed by atoms with Crippen molar-refractivity contribution in [2.75, 3.05) is 19.3 Å². The molecule has 0 fully saturated rings. The Bertz CT molecular complexity index is 1080. The van der Waals surface area contributed by atoms with Crippen molar-refractivity contribution in [1.82, 2.24) is 8.87 Å². The number of benzene rings is 2. The zero-order chi connectivity index (χ0) is 18.5. The van der Waals surface area contributed by atoms with Crippen LogP contribution in [0.15, 0.2) is 47.4 Å². The van der Waals surface area contributed by atoms with E-state index in [1.807, 2.05) is 19.1 Å². The highest BCUT2D eigenvalue weighted by Gasteiger charge is 2.28. The summed E-state index contributed by atoms with van der Waals surface area (Å²) in [5, 5.41) is 1.03. The summed E-state index contributed by atoms with van der Waals surface area (Å²) in [6.45, 7) is 3.77. The molecule has 1 aromatic heterocycles. The highest BCUT2D eigenvalue weighted by atomic mass is 32.2. The van der Waals surface area contributed by atoms with Crippen molar-refractivity contribution in [2.45, 2.75) is 31.2 Å². The Morgan fingerprint density at radius 3 is 2.54 bits per heavy atom. The van der Waals surface area contributed by atoms with Gasteiger partial charge in [0.05, 0.1) is 10.4 Å². The predicted octanol–water partition coefficient (Wildman–Crippen LogP) is 3.15. The van der Waals surface area contributed by atoms with Crippen LogP contribution in [0.25, 0.3) is 10.9 Å². The lowest BCUT2D eigenvalue weighted by Gasteiger charge is -2.12. The summed E-state index contributed by atoms with van der Waals surface area (Å²) in [5.41, 5.74) is 10.2. The molecule has 0 atom stereocenters. The molecule has 0 saturated heterocycles. The summed E-state index contributed by atoms with van der Waals surface area (Å²) in [5.74, 6) is 0. The predicted molar refractivity (Wildman–Crippen MR) is 105 cm³/mol. The standard InChI is InChI=1S/C20H23N3O2S/c1-14-5-10-20-17(12-14)18-13-22(2)11-3-4-19(18)23(20)26(24,25)16-8-6-15(21)7-9-16/h5-10,12H,3-4,11,13,21H2,1-2H3. The molecule has 0 spiro atoms. The monoisotopic (exact) mass is 369 g/mol. The fraction of sp³-hybridized carbons (Fsp3) is 0.300. The van der Waals surface area contributed by atoms with Gasteiger partial charge in [-0.1, -0.05) is 11.6 Å². The molecule has 0 amide bonds. The number of aryl methyl sites for hydroxylation is 1. The molecule has 2 N–H and O–H groups in total. The summed E-state index contributed by atoms with van der Waals surface area (Å²) in [6, 6.07) is 12.4. The third-order valence-electron chi connectivity index (χ3n) is 5.09. The fourth-order valence-electron chi connectivity index (χ4n) is 3.81. The maximum absolute atomic E-state index is 13.5. The van der Waals surface area contributed by atoms with Crippen molar-refractivity contribution in [2.24, 2.45) is 0 Å². The molecular weight excluding hydrogens is 346 g/mol. The second kappa shape index (κ2) is 6.14. The van der Waals surface area contributed by atoms with Gasteiger partial charge in [0.2, 0.25) is 0 Å². The van der Waals surface area contributed by atoms with Crippen molar-refractivity contribution >= 4 is 26.6 Å². The molecule has 1 aliphatic heterocycles. The number of hydrogen-bond acceptors (Lipinski definition) is 4. The van der Waals surface area contributed by atoms with Gasteiger partial charge in [0, 0.05) is 23.3 Å². The minimum absolute atomic E-state index is 0.268. The van der Waals surface area contributed by atoms with Crippen LogP contribution in [0.2, 0.25) is 0 Å². The van der Waals surface area contributed by atoms with E-state index in [1.165, 1.54) is 0 Å². The second-order valence-corrected chi connectivity index (χ2v) is 8.91. The first-order valence-corrected chi connectivity index (χ1v) is 10.2. The minimum atomic E-state index is -3.68. The van der Waals surface area contributed by atoms with Gasteiger partial charge in [-0.05, 0) is 75.3 Å². The molecule has 5 nitrogen and oxygen atoms in total. The van der Waals surface area contributed by atoms with Crippen LogP contribution < -0.4 is 5.73 Å². The van der Waals surface area contributed by atoms with Gasteiger partial charge in [-0.15, -0.1) is 0 Å². The third-order valence-corrected chi connectivity index (χ3v) is 6.85. The van der Waals surface area contributed by atoms with Gasteiger partial charge < -0.3 is 10.6 Å². The number of nitrogens with zero attached hydrogens (tertiary/aromatic N) is 2. The van der Waals surface area contributed by atoms with Crippen LogP contribution in [0.5, 0.6) is 0 Å². The molecule has 3 aromatic rings. The van der Waals surface area contributed by atoms with Crippen molar-refractivity contribution < 1.29 is 8.42 Å². The molecule has 1 aliphatic rings. The SMILES string of the molecule is Cc1ccc2c(c1)c1c(n2S(=O)(=O)c2ccc(N)cc2)CCCN(C)C1. The van der Waals surface area contributed by atoms with Crippen LogP contribution in [-0.4, -0.2) is 30.9 Å². The molecule has 0 aliphatic carbocycles. The molecule has 2 heterocycles. The number of nitrogen functional groups attached to an aromatic ring is 1. The number of rotatable bonds is 2.